The summed E-state index contributed by atoms with van der Waals surface area (Å²) in [5.41, 5.74) is 5.14. The van der Waals surface area contributed by atoms with Crippen LogP contribution in [0.2, 0.25) is 0 Å². The maximum absolute atomic E-state index is 5.54. The number of rotatable bonds is 2. The van der Waals surface area contributed by atoms with E-state index in [-0.39, 0.29) is 6.79 Å². The van der Waals surface area contributed by atoms with Gasteiger partial charge in [-0.2, -0.15) is 0 Å². The first-order chi connectivity index (χ1) is 12.8. The lowest BCUT2D eigenvalue weighted by Crippen LogP contribution is -1.93. The zero-order valence-corrected chi connectivity index (χ0v) is 15.4. The molecule has 0 N–H and O–H groups in total. The zero-order chi connectivity index (χ0) is 17.5. The largest absolute Gasteiger partial charge is 0.454 e. The second-order valence-electron chi connectivity index (χ2n) is 6.10. The fourth-order valence-corrected chi connectivity index (χ4v) is 4.07. The van der Waals surface area contributed by atoms with Crippen molar-refractivity contribution in [3.63, 3.8) is 0 Å². The van der Waals surface area contributed by atoms with Gasteiger partial charge in [0.25, 0.3) is 0 Å². The van der Waals surface area contributed by atoms with Crippen molar-refractivity contribution in [2.75, 3.05) is 6.79 Å². The number of halogens is 1. The lowest BCUT2D eigenvalue weighted by Gasteiger charge is -2.14. The van der Waals surface area contributed by atoms with Gasteiger partial charge >= 0.3 is 0 Å². The van der Waals surface area contributed by atoms with Crippen LogP contribution in [0.1, 0.15) is 0 Å². The second kappa shape index (κ2) is 6.15. The molecule has 0 aliphatic carbocycles. The molecule has 1 aliphatic heterocycles. The molecule has 0 atom stereocenters. The molecule has 0 saturated heterocycles. The Labute approximate surface area is 159 Å². The molecule has 0 saturated carbocycles. The van der Waals surface area contributed by atoms with Gasteiger partial charge in [0.1, 0.15) is 0 Å². The molecule has 1 aromatic heterocycles. The summed E-state index contributed by atoms with van der Waals surface area (Å²) in [5.74, 6) is 1.53. The summed E-state index contributed by atoms with van der Waals surface area (Å²) in [6, 6.07) is 24.5. The van der Waals surface area contributed by atoms with Crippen LogP contribution in [-0.4, -0.2) is 11.8 Å². The molecular formula is C22H14BrNO2. The van der Waals surface area contributed by atoms with E-state index in [2.05, 4.69) is 46.3 Å². The van der Waals surface area contributed by atoms with Gasteiger partial charge in [-0.15, -0.1) is 0 Å². The van der Waals surface area contributed by atoms with E-state index in [4.69, 9.17) is 14.5 Å². The highest BCUT2D eigenvalue weighted by Crippen LogP contribution is 2.42. The minimum atomic E-state index is 0.264. The van der Waals surface area contributed by atoms with E-state index in [1.807, 2.05) is 42.5 Å². The summed E-state index contributed by atoms with van der Waals surface area (Å²) in [6.45, 7) is 0.264. The topological polar surface area (TPSA) is 31.4 Å². The quantitative estimate of drug-likeness (QED) is 0.407. The average Bonchev–Trinajstić information content (AvgIpc) is 3.16. The fraction of sp³-hybridized carbons (Fsp3) is 0.0455. The molecule has 4 aromatic rings. The highest BCUT2D eigenvalue weighted by molar-refractivity contribution is 9.10. The van der Waals surface area contributed by atoms with Gasteiger partial charge in [-0.25, -0.2) is 4.98 Å². The van der Waals surface area contributed by atoms with Crippen LogP contribution < -0.4 is 9.47 Å². The van der Waals surface area contributed by atoms with Crippen LogP contribution in [0.4, 0.5) is 0 Å². The normalized spacial score (nSPS) is 12.5. The molecule has 26 heavy (non-hydrogen) atoms. The van der Waals surface area contributed by atoms with Gasteiger partial charge in [-0.05, 0) is 45.8 Å². The monoisotopic (exact) mass is 403 g/mol. The summed E-state index contributed by atoms with van der Waals surface area (Å²) in [4.78, 5) is 4.91. The van der Waals surface area contributed by atoms with Crippen molar-refractivity contribution in [2.24, 2.45) is 0 Å². The predicted molar refractivity (Wildman–Crippen MR) is 106 cm³/mol. The molecule has 3 nitrogen and oxygen atoms in total. The minimum Gasteiger partial charge on any atom is -0.454 e. The number of aromatic nitrogens is 1. The molecule has 0 spiro atoms. The van der Waals surface area contributed by atoms with Crippen molar-refractivity contribution < 1.29 is 9.47 Å². The first-order valence-corrected chi connectivity index (χ1v) is 9.14. The van der Waals surface area contributed by atoms with Crippen LogP contribution in [0, 0.1) is 0 Å². The van der Waals surface area contributed by atoms with Gasteiger partial charge in [0.05, 0.1) is 15.7 Å². The smallest absolute Gasteiger partial charge is 0.231 e. The number of hydrogen-bond acceptors (Lipinski definition) is 3. The molecule has 0 bridgehead atoms. The van der Waals surface area contributed by atoms with Crippen molar-refractivity contribution in [3.8, 4) is 33.9 Å². The van der Waals surface area contributed by atoms with Crippen LogP contribution >= 0.6 is 15.9 Å². The first kappa shape index (κ1) is 15.4. The standard InChI is InChI=1S/C22H14BrNO2/c23-21-20(14-6-2-1-3-7-14)16-8-4-5-9-17(16)24-22(21)15-10-11-18-19(12-15)26-13-25-18/h1-12H,13H2. The van der Waals surface area contributed by atoms with Crippen molar-refractivity contribution >= 4 is 26.8 Å². The number of hydrogen-bond donors (Lipinski definition) is 0. The molecule has 0 fully saturated rings. The molecule has 126 valence electrons. The summed E-state index contributed by atoms with van der Waals surface area (Å²) >= 11 is 3.82. The molecule has 0 unspecified atom stereocenters. The summed E-state index contributed by atoms with van der Waals surface area (Å²) in [6.07, 6.45) is 0. The highest BCUT2D eigenvalue weighted by Gasteiger charge is 2.19. The Balaban J connectivity index is 1.80. The second-order valence-corrected chi connectivity index (χ2v) is 6.89. The first-order valence-electron chi connectivity index (χ1n) is 8.35. The van der Waals surface area contributed by atoms with E-state index in [9.17, 15) is 0 Å². The maximum Gasteiger partial charge on any atom is 0.231 e. The number of benzene rings is 3. The van der Waals surface area contributed by atoms with Gasteiger partial charge in [-0.1, -0.05) is 48.5 Å². The SMILES string of the molecule is Brc1c(-c2ccc3c(c2)OCO3)nc2ccccc2c1-c1ccccc1. The van der Waals surface area contributed by atoms with Gasteiger partial charge in [0.2, 0.25) is 6.79 Å². The van der Waals surface area contributed by atoms with Crippen molar-refractivity contribution in [1.82, 2.24) is 4.98 Å². The third-order valence-electron chi connectivity index (χ3n) is 4.54. The van der Waals surface area contributed by atoms with Crippen LogP contribution in [0.3, 0.4) is 0 Å². The average molecular weight is 404 g/mol. The summed E-state index contributed by atoms with van der Waals surface area (Å²) in [7, 11) is 0. The molecule has 0 amide bonds. The molecule has 3 aromatic carbocycles. The van der Waals surface area contributed by atoms with Gasteiger partial charge in [0, 0.05) is 16.5 Å². The van der Waals surface area contributed by atoms with Crippen LogP contribution in [0.25, 0.3) is 33.3 Å². The van der Waals surface area contributed by atoms with E-state index in [0.717, 1.165) is 49.3 Å². The van der Waals surface area contributed by atoms with Crippen LogP contribution in [0.15, 0.2) is 77.3 Å². The Morgan fingerprint density at radius 2 is 1.54 bits per heavy atom. The lowest BCUT2D eigenvalue weighted by atomic mass is 9.98. The number of fused-ring (bicyclic) bond motifs is 2. The zero-order valence-electron chi connectivity index (χ0n) is 13.8. The summed E-state index contributed by atoms with van der Waals surface area (Å²) < 4.78 is 11.9. The molecule has 2 heterocycles. The van der Waals surface area contributed by atoms with Crippen molar-refractivity contribution in [1.29, 1.82) is 0 Å². The lowest BCUT2D eigenvalue weighted by molar-refractivity contribution is 0.174. The molecular weight excluding hydrogens is 390 g/mol. The Kier molecular flexibility index (Phi) is 3.64. The third-order valence-corrected chi connectivity index (χ3v) is 5.31. The molecule has 4 heteroatoms. The van der Waals surface area contributed by atoms with E-state index < -0.39 is 0 Å². The maximum atomic E-state index is 5.54. The van der Waals surface area contributed by atoms with Crippen LogP contribution in [-0.2, 0) is 0 Å². The number of pyridine rings is 1. The van der Waals surface area contributed by atoms with Gasteiger partial charge in [-0.3, -0.25) is 0 Å². The van der Waals surface area contributed by atoms with E-state index >= 15 is 0 Å². The molecule has 1 aliphatic rings. The minimum absolute atomic E-state index is 0.264. The van der Waals surface area contributed by atoms with E-state index in [1.165, 1.54) is 0 Å². The van der Waals surface area contributed by atoms with Crippen molar-refractivity contribution in [3.05, 3.63) is 77.3 Å². The van der Waals surface area contributed by atoms with Crippen molar-refractivity contribution in [2.45, 2.75) is 0 Å². The Morgan fingerprint density at radius 1 is 0.769 bits per heavy atom. The number of nitrogens with zero attached hydrogens (tertiary/aromatic N) is 1. The van der Waals surface area contributed by atoms with Crippen LogP contribution in [0.5, 0.6) is 11.5 Å². The predicted octanol–water partition coefficient (Wildman–Crippen LogP) is 6.06. The molecule has 0 radical (unpaired) electrons. The Bertz CT molecular complexity index is 1130. The molecule has 5 rings (SSSR count). The third kappa shape index (κ3) is 2.45. The summed E-state index contributed by atoms with van der Waals surface area (Å²) in [5, 5.41) is 1.12. The number of ether oxygens (including phenoxy) is 2. The Hall–Kier alpha value is -2.85. The van der Waals surface area contributed by atoms with Gasteiger partial charge in [0.15, 0.2) is 11.5 Å². The fourth-order valence-electron chi connectivity index (χ4n) is 3.31. The number of para-hydroxylation sites is 1. The highest BCUT2D eigenvalue weighted by atomic mass is 79.9. The van der Waals surface area contributed by atoms with Gasteiger partial charge < -0.3 is 9.47 Å². The van der Waals surface area contributed by atoms with E-state index in [0.29, 0.717) is 0 Å². The van der Waals surface area contributed by atoms with E-state index in [1.54, 1.807) is 0 Å². The Morgan fingerprint density at radius 3 is 2.42 bits per heavy atom.